The van der Waals surface area contributed by atoms with E-state index in [4.69, 9.17) is 4.74 Å². The Morgan fingerprint density at radius 3 is 2.50 bits per heavy atom. The second kappa shape index (κ2) is 9.89. The van der Waals surface area contributed by atoms with Crippen molar-refractivity contribution in [2.24, 2.45) is 4.99 Å². The van der Waals surface area contributed by atoms with Gasteiger partial charge >= 0.3 is 0 Å². The zero-order valence-electron chi connectivity index (χ0n) is 14.4. The molecule has 5 nitrogen and oxygen atoms in total. The number of guanidine groups is 1. The van der Waals surface area contributed by atoms with E-state index in [0.29, 0.717) is 6.54 Å². The molecule has 0 radical (unpaired) electrons. The minimum atomic E-state index is 0. The highest BCUT2D eigenvalue weighted by atomic mass is 127. The van der Waals surface area contributed by atoms with E-state index in [1.165, 1.54) is 0 Å². The van der Waals surface area contributed by atoms with Crippen molar-refractivity contribution in [3.63, 3.8) is 0 Å². The third-order valence-corrected chi connectivity index (χ3v) is 3.72. The Morgan fingerprint density at radius 1 is 1.27 bits per heavy atom. The second-order valence-corrected chi connectivity index (χ2v) is 5.84. The van der Waals surface area contributed by atoms with Gasteiger partial charge in [-0.2, -0.15) is 0 Å². The van der Waals surface area contributed by atoms with E-state index in [-0.39, 0.29) is 29.5 Å². The standard InChI is InChI=1S/C16H28N4O.HI/c1-16(2,20(4)5)12-19-15(17-3)18-11-13-8-7-9-14(10-13)21-6;/h7-10H,11-12H2,1-6H3,(H2,17,18,19);1H. The lowest BCUT2D eigenvalue weighted by atomic mass is 10.0. The minimum Gasteiger partial charge on any atom is -0.497 e. The molecule has 0 unspecified atom stereocenters. The van der Waals surface area contributed by atoms with Crippen molar-refractivity contribution in [2.45, 2.75) is 25.9 Å². The van der Waals surface area contributed by atoms with Crippen molar-refractivity contribution in [3.8, 4) is 5.75 Å². The van der Waals surface area contributed by atoms with Gasteiger partial charge in [-0.3, -0.25) is 4.99 Å². The van der Waals surface area contributed by atoms with Gasteiger partial charge in [-0.05, 0) is 45.6 Å². The predicted molar refractivity (Wildman–Crippen MR) is 104 cm³/mol. The molecule has 6 heteroatoms. The predicted octanol–water partition coefficient (Wildman–Crippen LogP) is 2.32. The van der Waals surface area contributed by atoms with Crippen molar-refractivity contribution in [3.05, 3.63) is 29.8 Å². The van der Waals surface area contributed by atoms with Gasteiger partial charge in [0.25, 0.3) is 0 Å². The van der Waals surface area contributed by atoms with Crippen molar-refractivity contribution >= 4 is 29.9 Å². The van der Waals surface area contributed by atoms with Gasteiger partial charge in [0.05, 0.1) is 7.11 Å². The molecule has 126 valence electrons. The molecule has 1 aromatic carbocycles. The van der Waals surface area contributed by atoms with Crippen LogP contribution in [0, 0.1) is 0 Å². The molecule has 0 heterocycles. The van der Waals surface area contributed by atoms with Gasteiger partial charge in [-0.1, -0.05) is 12.1 Å². The lowest BCUT2D eigenvalue weighted by Gasteiger charge is -2.33. The van der Waals surface area contributed by atoms with E-state index < -0.39 is 0 Å². The molecule has 1 aromatic rings. The van der Waals surface area contributed by atoms with Crippen molar-refractivity contribution in [1.29, 1.82) is 0 Å². The molecule has 1 rings (SSSR count). The first-order chi connectivity index (χ1) is 9.89. The normalized spacial score (nSPS) is 11.9. The summed E-state index contributed by atoms with van der Waals surface area (Å²) in [6.07, 6.45) is 0. The summed E-state index contributed by atoms with van der Waals surface area (Å²) in [6, 6.07) is 8.01. The first-order valence-corrected chi connectivity index (χ1v) is 7.14. The fraction of sp³-hybridized carbons (Fsp3) is 0.562. The molecule has 0 aliphatic rings. The van der Waals surface area contributed by atoms with E-state index in [1.807, 2.05) is 18.2 Å². The molecule has 2 N–H and O–H groups in total. The van der Waals surface area contributed by atoms with Crippen LogP contribution < -0.4 is 15.4 Å². The minimum absolute atomic E-state index is 0. The van der Waals surface area contributed by atoms with Crippen LogP contribution in [0.5, 0.6) is 5.75 Å². The lowest BCUT2D eigenvalue weighted by molar-refractivity contribution is 0.197. The van der Waals surface area contributed by atoms with E-state index in [0.717, 1.165) is 23.8 Å². The first kappa shape index (κ1) is 21.0. The molecule has 0 bridgehead atoms. The number of halogens is 1. The Hall–Kier alpha value is -1.02. The summed E-state index contributed by atoms with van der Waals surface area (Å²) in [5.74, 6) is 1.67. The monoisotopic (exact) mass is 420 g/mol. The summed E-state index contributed by atoms with van der Waals surface area (Å²) in [5.41, 5.74) is 1.22. The van der Waals surface area contributed by atoms with Gasteiger partial charge < -0.3 is 20.3 Å². The highest BCUT2D eigenvalue weighted by Gasteiger charge is 2.20. The SMILES string of the molecule is CN=C(NCc1cccc(OC)c1)NCC(C)(C)N(C)C.I. The van der Waals surface area contributed by atoms with Crippen molar-refractivity contribution < 1.29 is 4.74 Å². The largest absolute Gasteiger partial charge is 0.497 e. The summed E-state index contributed by atoms with van der Waals surface area (Å²) < 4.78 is 5.23. The van der Waals surface area contributed by atoms with Crippen LogP contribution in [0.2, 0.25) is 0 Å². The molecule has 0 saturated heterocycles. The van der Waals surface area contributed by atoms with Crippen LogP contribution in [-0.4, -0.2) is 51.2 Å². The van der Waals surface area contributed by atoms with Gasteiger partial charge in [0.1, 0.15) is 5.75 Å². The van der Waals surface area contributed by atoms with Gasteiger partial charge in [-0.15, -0.1) is 24.0 Å². The number of rotatable bonds is 6. The van der Waals surface area contributed by atoms with Crippen LogP contribution in [0.1, 0.15) is 19.4 Å². The Bertz CT molecular complexity index is 475. The number of ether oxygens (including phenoxy) is 1. The Balaban J connectivity index is 0.00000441. The molecular formula is C16H29IN4O. The Kier molecular flexibility index (Phi) is 9.43. The zero-order valence-corrected chi connectivity index (χ0v) is 16.8. The maximum atomic E-state index is 5.23. The van der Waals surface area contributed by atoms with Crippen molar-refractivity contribution in [2.75, 3.05) is 34.8 Å². The van der Waals surface area contributed by atoms with Crippen LogP contribution in [-0.2, 0) is 6.54 Å². The molecule has 22 heavy (non-hydrogen) atoms. The highest BCUT2D eigenvalue weighted by molar-refractivity contribution is 14.0. The Morgan fingerprint density at radius 2 is 1.95 bits per heavy atom. The summed E-state index contributed by atoms with van der Waals surface area (Å²) >= 11 is 0. The van der Waals surface area contributed by atoms with Gasteiger partial charge in [-0.25, -0.2) is 0 Å². The number of likely N-dealkylation sites (N-methyl/N-ethyl adjacent to an activating group) is 1. The summed E-state index contributed by atoms with van der Waals surface area (Å²) in [5, 5.41) is 6.67. The topological polar surface area (TPSA) is 48.9 Å². The number of nitrogens with zero attached hydrogens (tertiary/aromatic N) is 2. The molecular weight excluding hydrogens is 391 g/mol. The third-order valence-electron chi connectivity index (χ3n) is 3.72. The second-order valence-electron chi connectivity index (χ2n) is 5.84. The molecule has 0 atom stereocenters. The first-order valence-electron chi connectivity index (χ1n) is 7.14. The highest BCUT2D eigenvalue weighted by Crippen LogP contribution is 2.12. The van der Waals surface area contributed by atoms with Gasteiger partial charge in [0.2, 0.25) is 0 Å². The molecule has 0 aliphatic heterocycles. The average molecular weight is 420 g/mol. The molecule has 0 aromatic heterocycles. The maximum absolute atomic E-state index is 5.23. The van der Waals surface area contributed by atoms with E-state index in [9.17, 15) is 0 Å². The number of aliphatic imine (C=N–C) groups is 1. The molecule has 0 spiro atoms. The molecule has 0 amide bonds. The molecule has 0 saturated carbocycles. The van der Waals surface area contributed by atoms with Gasteiger partial charge in [0, 0.05) is 25.7 Å². The smallest absolute Gasteiger partial charge is 0.191 e. The summed E-state index contributed by atoms with van der Waals surface area (Å²) in [7, 11) is 7.61. The fourth-order valence-electron chi connectivity index (χ4n) is 1.65. The maximum Gasteiger partial charge on any atom is 0.191 e. The quantitative estimate of drug-likeness (QED) is 0.422. The lowest BCUT2D eigenvalue weighted by Crippen LogP contribution is -2.50. The van der Waals surface area contributed by atoms with Crippen LogP contribution in [0.15, 0.2) is 29.3 Å². The number of methoxy groups -OCH3 is 1. The van der Waals surface area contributed by atoms with Crippen LogP contribution >= 0.6 is 24.0 Å². The number of hydrogen-bond donors (Lipinski definition) is 2. The zero-order chi connectivity index (χ0) is 15.9. The van der Waals surface area contributed by atoms with Crippen LogP contribution in [0.25, 0.3) is 0 Å². The van der Waals surface area contributed by atoms with Crippen LogP contribution in [0.3, 0.4) is 0 Å². The number of hydrogen-bond acceptors (Lipinski definition) is 3. The Labute approximate surface area is 151 Å². The van der Waals surface area contributed by atoms with Crippen LogP contribution in [0.4, 0.5) is 0 Å². The average Bonchev–Trinajstić information content (AvgIpc) is 2.47. The van der Waals surface area contributed by atoms with E-state index in [2.05, 4.69) is 54.5 Å². The van der Waals surface area contributed by atoms with Gasteiger partial charge in [0.15, 0.2) is 5.96 Å². The van der Waals surface area contributed by atoms with E-state index >= 15 is 0 Å². The van der Waals surface area contributed by atoms with Crippen molar-refractivity contribution in [1.82, 2.24) is 15.5 Å². The molecule has 0 aliphatic carbocycles. The summed E-state index contributed by atoms with van der Waals surface area (Å²) in [4.78, 5) is 6.44. The molecule has 0 fully saturated rings. The van der Waals surface area contributed by atoms with E-state index in [1.54, 1.807) is 14.2 Å². The fourth-order valence-corrected chi connectivity index (χ4v) is 1.65. The third kappa shape index (κ3) is 6.83. The summed E-state index contributed by atoms with van der Waals surface area (Å²) in [6.45, 7) is 5.90. The number of benzene rings is 1. The number of nitrogens with one attached hydrogen (secondary N) is 2.